The lowest BCUT2D eigenvalue weighted by Crippen LogP contribution is -2.02. The van der Waals surface area contributed by atoms with Gasteiger partial charge in [-0.3, -0.25) is 0 Å². The van der Waals surface area contributed by atoms with Gasteiger partial charge in [-0.25, -0.2) is 8.78 Å². The predicted molar refractivity (Wildman–Crippen MR) is 86.8 cm³/mol. The molecule has 0 amide bonds. The van der Waals surface area contributed by atoms with Crippen LogP contribution in [0.2, 0.25) is 0 Å². The molecule has 2 aromatic carbocycles. The Labute approximate surface area is 144 Å². The molecule has 2 aromatic rings. The molecule has 6 heteroatoms. The van der Waals surface area contributed by atoms with E-state index in [-0.39, 0.29) is 11.5 Å². The molecule has 0 saturated carbocycles. The van der Waals surface area contributed by atoms with E-state index in [4.69, 9.17) is 9.47 Å². The molecule has 0 aliphatic heterocycles. The summed E-state index contributed by atoms with van der Waals surface area (Å²) in [6.45, 7) is 0.622. The second-order valence-electron chi connectivity index (χ2n) is 5.57. The Kier molecular flexibility index (Phi) is 7.57. The molecule has 2 nitrogen and oxygen atoms in total. The van der Waals surface area contributed by atoms with Crippen molar-refractivity contribution in [1.29, 1.82) is 0 Å². The zero-order chi connectivity index (χ0) is 18.1. The van der Waals surface area contributed by atoms with Gasteiger partial charge in [0.15, 0.2) is 23.1 Å². The first-order valence-electron chi connectivity index (χ1n) is 8.23. The molecule has 0 aliphatic carbocycles. The fourth-order valence-electron chi connectivity index (χ4n) is 2.29. The Morgan fingerprint density at radius 3 is 1.40 bits per heavy atom. The van der Waals surface area contributed by atoms with Crippen LogP contribution < -0.4 is 9.47 Å². The molecule has 0 bridgehead atoms. The molecular formula is C19H20F4O2. The van der Waals surface area contributed by atoms with Crippen LogP contribution in [0.15, 0.2) is 36.4 Å². The zero-order valence-corrected chi connectivity index (χ0v) is 13.7. The van der Waals surface area contributed by atoms with Gasteiger partial charge in [0.05, 0.1) is 13.2 Å². The van der Waals surface area contributed by atoms with Crippen molar-refractivity contribution in [3.05, 3.63) is 59.7 Å². The van der Waals surface area contributed by atoms with Crippen LogP contribution in [0.4, 0.5) is 17.6 Å². The standard InChI is InChI=1S/C19H20F4O2/c20-14-8-6-10-16(18(14)22)24-12-4-2-1-3-5-13-25-17-11-7-9-15(21)19(17)23/h6-11H,1-5,12-13H2. The van der Waals surface area contributed by atoms with E-state index in [0.29, 0.717) is 13.2 Å². The molecular weight excluding hydrogens is 336 g/mol. The van der Waals surface area contributed by atoms with E-state index < -0.39 is 23.3 Å². The summed E-state index contributed by atoms with van der Waals surface area (Å²) in [5.41, 5.74) is 0. The first-order valence-corrected chi connectivity index (χ1v) is 8.23. The maximum absolute atomic E-state index is 13.3. The summed E-state index contributed by atoms with van der Waals surface area (Å²) in [6, 6.07) is 7.66. The summed E-state index contributed by atoms with van der Waals surface area (Å²) in [7, 11) is 0. The van der Waals surface area contributed by atoms with Crippen LogP contribution >= 0.6 is 0 Å². The molecule has 0 atom stereocenters. The minimum absolute atomic E-state index is 0.0782. The molecule has 0 heterocycles. The lowest BCUT2D eigenvalue weighted by atomic mass is 10.1. The van der Waals surface area contributed by atoms with Gasteiger partial charge in [-0.2, -0.15) is 8.78 Å². The number of hydrogen-bond donors (Lipinski definition) is 0. The Bertz CT molecular complexity index is 619. The fourth-order valence-corrected chi connectivity index (χ4v) is 2.29. The summed E-state index contributed by atoms with van der Waals surface area (Å²) in [6.07, 6.45) is 4.07. The van der Waals surface area contributed by atoms with E-state index in [9.17, 15) is 17.6 Å². The summed E-state index contributed by atoms with van der Waals surface area (Å²) >= 11 is 0. The first kappa shape index (κ1) is 19.1. The zero-order valence-electron chi connectivity index (χ0n) is 13.7. The third-order valence-electron chi connectivity index (χ3n) is 3.64. The summed E-state index contributed by atoms with van der Waals surface area (Å²) in [4.78, 5) is 0. The topological polar surface area (TPSA) is 18.5 Å². The van der Waals surface area contributed by atoms with E-state index >= 15 is 0 Å². The summed E-state index contributed by atoms with van der Waals surface area (Å²) in [5, 5.41) is 0. The van der Waals surface area contributed by atoms with Gasteiger partial charge < -0.3 is 9.47 Å². The van der Waals surface area contributed by atoms with Crippen LogP contribution in [0, 0.1) is 23.3 Å². The Balaban J connectivity index is 1.52. The molecule has 0 unspecified atom stereocenters. The normalized spacial score (nSPS) is 10.7. The first-order chi connectivity index (χ1) is 12.1. The molecule has 2 rings (SSSR count). The summed E-state index contributed by atoms with van der Waals surface area (Å²) in [5.74, 6) is -3.94. The number of unbranched alkanes of at least 4 members (excludes halogenated alkanes) is 4. The van der Waals surface area contributed by atoms with Crippen LogP contribution in [-0.4, -0.2) is 13.2 Å². The van der Waals surface area contributed by atoms with Gasteiger partial charge >= 0.3 is 0 Å². The smallest absolute Gasteiger partial charge is 0.200 e. The van der Waals surface area contributed by atoms with Crippen molar-refractivity contribution in [2.45, 2.75) is 32.1 Å². The maximum atomic E-state index is 13.3. The molecule has 25 heavy (non-hydrogen) atoms. The summed E-state index contributed by atoms with van der Waals surface area (Å²) < 4.78 is 63.1. The highest BCUT2D eigenvalue weighted by molar-refractivity contribution is 5.25. The van der Waals surface area contributed by atoms with Crippen molar-refractivity contribution in [2.75, 3.05) is 13.2 Å². The van der Waals surface area contributed by atoms with E-state index in [2.05, 4.69) is 0 Å². The molecule has 0 spiro atoms. The maximum Gasteiger partial charge on any atom is 0.200 e. The van der Waals surface area contributed by atoms with Crippen LogP contribution in [0.3, 0.4) is 0 Å². The van der Waals surface area contributed by atoms with Crippen molar-refractivity contribution < 1.29 is 27.0 Å². The van der Waals surface area contributed by atoms with Crippen molar-refractivity contribution in [3.8, 4) is 11.5 Å². The van der Waals surface area contributed by atoms with Crippen molar-refractivity contribution in [2.24, 2.45) is 0 Å². The number of ether oxygens (including phenoxy) is 2. The monoisotopic (exact) mass is 356 g/mol. The molecule has 0 aromatic heterocycles. The third kappa shape index (κ3) is 5.96. The predicted octanol–water partition coefficient (Wildman–Crippen LogP) is 5.65. The lowest BCUT2D eigenvalue weighted by Gasteiger charge is -2.08. The molecule has 136 valence electrons. The molecule has 0 fully saturated rings. The van der Waals surface area contributed by atoms with Crippen molar-refractivity contribution in [1.82, 2.24) is 0 Å². The minimum atomic E-state index is -0.968. The van der Waals surface area contributed by atoms with Gasteiger partial charge in [0.1, 0.15) is 0 Å². The third-order valence-corrected chi connectivity index (χ3v) is 3.64. The van der Waals surface area contributed by atoms with E-state index in [0.717, 1.165) is 44.2 Å². The van der Waals surface area contributed by atoms with Crippen molar-refractivity contribution in [3.63, 3.8) is 0 Å². The molecule has 0 N–H and O–H groups in total. The SMILES string of the molecule is Fc1cccc(OCCCCCCCOc2cccc(F)c2F)c1F. The van der Waals surface area contributed by atoms with Crippen LogP contribution in [0.5, 0.6) is 11.5 Å². The van der Waals surface area contributed by atoms with Crippen LogP contribution in [-0.2, 0) is 0 Å². The van der Waals surface area contributed by atoms with Crippen LogP contribution in [0.25, 0.3) is 0 Å². The highest BCUT2D eigenvalue weighted by atomic mass is 19.2. The van der Waals surface area contributed by atoms with Gasteiger partial charge in [0.2, 0.25) is 11.6 Å². The Morgan fingerprint density at radius 1 is 0.560 bits per heavy atom. The van der Waals surface area contributed by atoms with E-state index in [1.807, 2.05) is 0 Å². The van der Waals surface area contributed by atoms with E-state index in [1.54, 1.807) is 0 Å². The van der Waals surface area contributed by atoms with Gasteiger partial charge in [0.25, 0.3) is 0 Å². The quantitative estimate of drug-likeness (QED) is 0.404. The average molecular weight is 356 g/mol. The highest BCUT2D eigenvalue weighted by Crippen LogP contribution is 2.20. The molecule has 0 aliphatic rings. The molecule has 0 saturated heterocycles. The average Bonchev–Trinajstić information content (AvgIpc) is 2.60. The minimum Gasteiger partial charge on any atom is -0.490 e. The Hall–Kier alpha value is -2.24. The van der Waals surface area contributed by atoms with Gasteiger partial charge in [-0.05, 0) is 37.1 Å². The second kappa shape index (κ2) is 9.91. The largest absolute Gasteiger partial charge is 0.490 e. The van der Waals surface area contributed by atoms with Gasteiger partial charge in [0, 0.05) is 0 Å². The lowest BCUT2D eigenvalue weighted by molar-refractivity contribution is 0.275. The second-order valence-corrected chi connectivity index (χ2v) is 5.57. The number of halogens is 4. The number of rotatable bonds is 10. The van der Waals surface area contributed by atoms with E-state index in [1.165, 1.54) is 24.3 Å². The van der Waals surface area contributed by atoms with Crippen LogP contribution in [0.1, 0.15) is 32.1 Å². The van der Waals surface area contributed by atoms with Crippen molar-refractivity contribution >= 4 is 0 Å². The number of benzene rings is 2. The fraction of sp³-hybridized carbons (Fsp3) is 0.368. The molecule has 0 radical (unpaired) electrons. The Morgan fingerprint density at radius 2 is 0.960 bits per heavy atom. The van der Waals surface area contributed by atoms with Gasteiger partial charge in [-0.15, -0.1) is 0 Å². The van der Waals surface area contributed by atoms with Gasteiger partial charge in [-0.1, -0.05) is 31.4 Å². The number of hydrogen-bond acceptors (Lipinski definition) is 2. The highest BCUT2D eigenvalue weighted by Gasteiger charge is 2.09.